The Labute approximate surface area is 115 Å². The first-order chi connectivity index (χ1) is 8.61. The van der Waals surface area contributed by atoms with Crippen LogP contribution in [0.15, 0.2) is 0 Å². The molecule has 1 heterocycles. The van der Waals surface area contributed by atoms with Crippen LogP contribution in [0.25, 0.3) is 0 Å². The summed E-state index contributed by atoms with van der Waals surface area (Å²) in [4.78, 5) is 2.70. The van der Waals surface area contributed by atoms with Crippen molar-refractivity contribution < 1.29 is 0 Å². The number of hydrogen-bond donors (Lipinski definition) is 1. The molecule has 2 unspecified atom stereocenters. The van der Waals surface area contributed by atoms with Crippen molar-refractivity contribution in [2.75, 3.05) is 26.2 Å². The topological polar surface area (TPSA) is 15.3 Å². The summed E-state index contributed by atoms with van der Waals surface area (Å²) >= 11 is 0. The molecule has 2 atom stereocenters. The minimum atomic E-state index is 0.778. The number of rotatable bonds is 8. The SMILES string of the molecule is CC(C)CNCCCCCN1CCCC(C)C1C. The Balaban J connectivity index is 1.97. The molecule has 1 aliphatic rings. The summed E-state index contributed by atoms with van der Waals surface area (Å²) in [5, 5.41) is 3.53. The van der Waals surface area contributed by atoms with Crippen LogP contribution in [0.4, 0.5) is 0 Å². The van der Waals surface area contributed by atoms with E-state index < -0.39 is 0 Å². The number of nitrogens with zero attached hydrogens (tertiary/aromatic N) is 1. The van der Waals surface area contributed by atoms with Crippen molar-refractivity contribution in [1.29, 1.82) is 0 Å². The average Bonchev–Trinajstić information content (AvgIpc) is 2.32. The molecule has 0 radical (unpaired) electrons. The maximum atomic E-state index is 3.53. The molecule has 1 rings (SSSR count). The van der Waals surface area contributed by atoms with Gasteiger partial charge in [-0.05, 0) is 70.6 Å². The van der Waals surface area contributed by atoms with Crippen LogP contribution in [0.2, 0.25) is 0 Å². The standard InChI is InChI=1S/C16H34N2/c1-14(2)13-17-10-6-5-7-11-18-12-8-9-15(3)16(18)4/h14-17H,5-13H2,1-4H3. The van der Waals surface area contributed by atoms with E-state index in [-0.39, 0.29) is 0 Å². The third kappa shape index (κ3) is 6.19. The lowest BCUT2D eigenvalue weighted by Crippen LogP contribution is -2.42. The van der Waals surface area contributed by atoms with Crippen LogP contribution in [0.3, 0.4) is 0 Å². The van der Waals surface area contributed by atoms with Crippen LogP contribution in [0.1, 0.15) is 59.8 Å². The molecule has 0 bridgehead atoms. The molecule has 2 nitrogen and oxygen atoms in total. The molecule has 0 aromatic heterocycles. The first kappa shape index (κ1) is 16.0. The van der Waals surface area contributed by atoms with Crippen molar-refractivity contribution in [3.63, 3.8) is 0 Å². The second-order valence-electron chi connectivity index (χ2n) is 6.55. The predicted molar refractivity (Wildman–Crippen MR) is 81.0 cm³/mol. The van der Waals surface area contributed by atoms with Crippen LogP contribution in [0.5, 0.6) is 0 Å². The molecule has 0 aliphatic carbocycles. The molecule has 1 aliphatic heterocycles. The van der Waals surface area contributed by atoms with E-state index in [4.69, 9.17) is 0 Å². The summed E-state index contributed by atoms with van der Waals surface area (Å²) in [5.41, 5.74) is 0. The summed E-state index contributed by atoms with van der Waals surface area (Å²) < 4.78 is 0. The van der Waals surface area contributed by atoms with Gasteiger partial charge < -0.3 is 10.2 Å². The molecule has 0 aromatic carbocycles. The van der Waals surface area contributed by atoms with E-state index >= 15 is 0 Å². The van der Waals surface area contributed by atoms with Gasteiger partial charge in [-0.1, -0.05) is 27.2 Å². The molecule has 0 saturated carbocycles. The van der Waals surface area contributed by atoms with Gasteiger partial charge in [-0.15, -0.1) is 0 Å². The van der Waals surface area contributed by atoms with Crippen molar-refractivity contribution in [2.45, 2.75) is 65.8 Å². The zero-order chi connectivity index (χ0) is 13.4. The summed E-state index contributed by atoms with van der Waals surface area (Å²) in [7, 11) is 0. The van der Waals surface area contributed by atoms with Gasteiger partial charge >= 0.3 is 0 Å². The second-order valence-corrected chi connectivity index (χ2v) is 6.55. The lowest BCUT2D eigenvalue weighted by Gasteiger charge is -2.38. The lowest BCUT2D eigenvalue weighted by atomic mass is 9.92. The summed E-state index contributed by atoms with van der Waals surface area (Å²) in [6.07, 6.45) is 6.92. The lowest BCUT2D eigenvalue weighted by molar-refractivity contribution is 0.112. The minimum Gasteiger partial charge on any atom is -0.316 e. The number of piperidine rings is 1. The highest BCUT2D eigenvalue weighted by Crippen LogP contribution is 2.22. The third-order valence-electron chi connectivity index (χ3n) is 4.36. The third-order valence-corrected chi connectivity index (χ3v) is 4.36. The van der Waals surface area contributed by atoms with E-state index in [1.807, 2.05) is 0 Å². The summed E-state index contributed by atoms with van der Waals surface area (Å²) in [6.45, 7) is 14.4. The van der Waals surface area contributed by atoms with Crippen molar-refractivity contribution in [3.8, 4) is 0 Å². The Morgan fingerprint density at radius 3 is 2.67 bits per heavy atom. The van der Waals surface area contributed by atoms with E-state index in [1.54, 1.807) is 0 Å². The number of hydrogen-bond acceptors (Lipinski definition) is 2. The zero-order valence-electron chi connectivity index (χ0n) is 13.0. The van der Waals surface area contributed by atoms with Crippen LogP contribution in [0, 0.1) is 11.8 Å². The predicted octanol–water partition coefficient (Wildman–Crippen LogP) is 3.52. The van der Waals surface area contributed by atoms with Crippen LogP contribution in [-0.4, -0.2) is 37.1 Å². The van der Waals surface area contributed by atoms with E-state index in [0.717, 1.165) is 17.9 Å². The molecular weight excluding hydrogens is 220 g/mol. The number of unbranched alkanes of at least 4 members (excludes halogenated alkanes) is 2. The fraction of sp³-hybridized carbons (Fsp3) is 1.00. The molecule has 0 spiro atoms. The van der Waals surface area contributed by atoms with Gasteiger partial charge in [0.15, 0.2) is 0 Å². The van der Waals surface area contributed by atoms with Gasteiger partial charge in [0.2, 0.25) is 0 Å². The molecule has 1 fully saturated rings. The molecule has 108 valence electrons. The molecule has 1 N–H and O–H groups in total. The average molecular weight is 254 g/mol. The Bertz CT molecular complexity index is 203. The summed E-state index contributed by atoms with van der Waals surface area (Å²) in [5.74, 6) is 1.67. The van der Waals surface area contributed by atoms with Gasteiger partial charge in [-0.2, -0.15) is 0 Å². The fourth-order valence-electron chi connectivity index (χ4n) is 2.87. The van der Waals surface area contributed by atoms with Crippen molar-refractivity contribution in [3.05, 3.63) is 0 Å². The van der Waals surface area contributed by atoms with Gasteiger partial charge in [0, 0.05) is 6.04 Å². The summed E-state index contributed by atoms with van der Waals surface area (Å²) in [6, 6.07) is 0.804. The minimum absolute atomic E-state index is 0.778. The first-order valence-electron chi connectivity index (χ1n) is 8.06. The van der Waals surface area contributed by atoms with E-state index in [9.17, 15) is 0 Å². The maximum Gasteiger partial charge on any atom is 0.00925 e. The van der Waals surface area contributed by atoms with Gasteiger partial charge in [-0.25, -0.2) is 0 Å². The largest absolute Gasteiger partial charge is 0.316 e. The quantitative estimate of drug-likeness (QED) is 0.667. The van der Waals surface area contributed by atoms with Crippen molar-refractivity contribution in [1.82, 2.24) is 10.2 Å². The number of nitrogens with one attached hydrogen (secondary N) is 1. The molecule has 0 aromatic rings. The highest BCUT2D eigenvalue weighted by Gasteiger charge is 2.23. The van der Waals surface area contributed by atoms with E-state index in [1.165, 1.54) is 58.3 Å². The van der Waals surface area contributed by atoms with Crippen molar-refractivity contribution >= 4 is 0 Å². The van der Waals surface area contributed by atoms with Crippen LogP contribution >= 0.6 is 0 Å². The normalized spacial score (nSPS) is 25.8. The molecule has 1 saturated heterocycles. The van der Waals surface area contributed by atoms with Crippen LogP contribution < -0.4 is 5.32 Å². The fourth-order valence-corrected chi connectivity index (χ4v) is 2.87. The van der Waals surface area contributed by atoms with Crippen LogP contribution in [-0.2, 0) is 0 Å². The van der Waals surface area contributed by atoms with Gasteiger partial charge in [0.1, 0.15) is 0 Å². The first-order valence-corrected chi connectivity index (χ1v) is 8.06. The highest BCUT2D eigenvalue weighted by molar-refractivity contribution is 4.78. The maximum absolute atomic E-state index is 3.53. The Kier molecular flexibility index (Phi) is 7.92. The molecule has 18 heavy (non-hydrogen) atoms. The molecule has 2 heteroatoms. The molecular formula is C16H34N2. The Hall–Kier alpha value is -0.0800. The second kappa shape index (κ2) is 8.92. The Morgan fingerprint density at radius 2 is 1.94 bits per heavy atom. The van der Waals surface area contributed by atoms with E-state index in [0.29, 0.717) is 0 Å². The highest BCUT2D eigenvalue weighted by atomic mass is 15.2. The van der Waals surface area contributed by atoms with E-state index in [2.05, 4.69) is 37.9 Å². The van der Waals surface area contributed by atoms with Gasteiger partial charge in [-0.3, -0.25) is 0 Å². The number of likely N-dealkylation sites (tertiary alicyclic amines) is 1. The van der Waals surface area contributed by atoms with Crippen molar-refractivity contribution in [2.24, 2.45) is 11.8 Å². The van der Waals surface area contributed by atoms with Gasteiger partial charge in [0.05, 0.1) is 0 Å². The molecule has 0 amide bonds. The smallest absolute Gasteiger partial charge is 0.00925 e. The Morgan fingerprint density at radius 1 is 1.17 bits per heavy atom. The zero-order valence-corrected chi connectivity index (χ0v) is 13.0. The monoisotopic (exact) mass is 254 g/mol. The van der Waals surface area contributed by atoms with Gasteiger partial charge in [0.25, 0.3) is 0 Å².